The van der Waals surface area contributed by atoms with Gasteiger partial charge in [-0.15, -0.1) is 0 Å². The number of carboxylic acid groups (broad SMARTS) is 1. The van der Waals surface area contributed by atoms with E-state index in [0.29, 0.717) is 24.2 Å². The maximum absolute atomic E-state index is 12.4. The second-order valence-corrected chi connectivity index (χ2v) is 13.1. The molecule has 1 aliphatic rings. The smallest absolute Gasteiger partial charge is 0.338 e. The Balaban J connectivity index is 0.000000151. The lowest BCUT2D eigenvalue weighted by Gasteiger charge is -2.07. The van der Waals surface area contributed by atoms with Gasteiger partial charge < -0.3 is 25.3 Å². The number of aromatic carboxylic acids is 1. The van der Waals surface area contributed by atoms with Gasteiger partial charge in [0.1, 0.15) is 0 Å². The Morgan fingerprint density at radius 1 is 0.755 bits per heavy atom. The summed E-state index contributed by atoms with van der Waals surface area (Å²) in [5, 5.41) is 18.3. The van der Waals surface area contributed by atoms with E-state index in [4.69, 9.17) is 4.98 Å². The van der Waals surface area contributed by atoms with Gasteiger partial charge in [0, 0.05) is 58.9 Å². The van der Waals surface area contributed by atoms with Crippen LogP contribution in [0.1, 0.15) is 54.6 Å². The number of H-pyrrole nitrogens is 2. The van der Waals surface area contributed by atoms with Crippen molar-refractivity contribution in [2.75, 3.05) is 14.1 Å². The van der Waals surface area contributed by atoms with Crippen LogP contribution in [0.4, 0.5) is 0 Å². The average molecular weight is 697 g/mol. The molecule has 4 N–H and O–H groups in total. The molecule has 0 aliphatic carbocycles. The van der Waals surface area contributed by atoms with Crippen LogP contribution < -0.4 is 5.32 Å². The first-order chi connectivity index (χ1) is 25.9. The van der Waals surface area contributed by atoms with Crippen molar-refractivity contribution in [2.24, 2.45) is 0 Å². The summed E-state index contributed by atoms with van der Waals surface area (Å²) in [6, 6.07) is 32.2. The minimum absolute atomic E-state index is 0.0635. The van der Waals surface area contributed by atoms with Crippen LogP contribution >= 0.6 is 0 Å². The molecular formula is C44H36N6O3. The van der Waals surface area contributed by atoms with E-state index >= 15 is 0 Å². The molecule has 0 saturated carbocycles. The SMILES string of the molecule is CN1Cc2nc3c(ccc4c[nH]c(/C=C/c5ccccc5)cc43)c2C1=O.CNCc1nc2c(ccc3c[nH]c(/C=C/c4ccccc4)cc32)c1C(=O)O. The van der Waals surface area contributed by atoms with E-state index in [2.05, 4.69) is 50.6 Å². The molecule has 9 rings (SSSR count). The number of pyridine rings is 2. The number of amides is 1. The Labute approximate surface area is 305 Å². The van der Waals surface area contributed by atoms with Crippen LogP contribution in [0.3, 0.4) is 0 Å². The Morgan fingerprint density at radius 3 is 1.85 bits per heavy atom. The molecule has 9 nitrogen and oxygen atoms in total. The molecule has 53 heavy (non-hydrogen) atoms. The van der Waals surface area contributed by atoms with Crippen molar-refractivity contribution in [2.45, 2.75) is 13.1 Å². The monoisotopic (exact) mass is 696 g/mol. The summed E-state index contributed by atoms with van der Waals surface area (Å²) in [5.74, 6) is -0.887. The molecule has 260 valence electrons. The normalized spacial score (nSPS) is 12.8. The molecule has 5 heterocycles. The summed E-state index contributed by atoms with van der Waals surface area (Å²) in [5.41, 5.74) is 8.30. The topological polar surface area (TPSA) is 127 Å². The maximum Gasteiger partial charge on any atom is 0.338 e. The standard InChI is InChI=1S/C22H19N3O2.C22H17N3O/c1-23-13-19-20(22(26)27)17-10-8-15-12-24-16(11-18(15)21(17)25-19)9-7-14-5-3-2-4-6-14;1-25-13-19-20(22(25)26)17-10-8-15-12-23-16(11-18(15)21(17)24-19)9-7-14-5-3-2-4-6-14/h2-12,23-24H,13H2,1H3,(H,26,27);2-12,23H,13H2,1H3/b2*9-7+. The highest BCUT2D eigenvalue weighted by atomic mass is 16.4. The van der Waals surface area contributed by atoms with Gasteiger partial charge in [0.05, 0.1) is 40.1 Å². The highest BCUT2D eigenvalue weighted by molar-refractivity contribution is 6.17. The molecule has 0 bridgehead atoms. The van der Waals surface area contributed by atoms with E-state index in [-0.39, 0.29) is 11.5 Å². The summed E-state index contributed by atoms with van der Waals surface area (Å²) in [7, 11) is 3.60. The minimum Gasteiger partial charge on any atom is -0.478 e. The van der Waals surface area contributed by atoms with Crippen molar-refractivity contribution in [1.29, 1.82) is 0 Å². The summed E-state index contributed by atoms with van der Waals surface area (Å²) < 4.78 is 0. The zero-order chi connectivity index (χ0) is 36.5. The van der Waals surface area contributed by atoms with E-state index < -0.39 is 5.97 Å². The van der Waals surface area contributed by atoms with Gasteiger partial charge in [-0.3, -0.25) is 4.79 Å². The van der Waals surface area contributed by atoms with E-state index in [1.807, 2.05) is 110 Å². The fraction of sp³-hybridized carbons (Fsp3) is 0.0909. The first-order valence-corrected chi connectivity index (χ1v) is 17.3. The molecule has 1 aliphatic heterocycles. The number of aromatic nitrogens is 4. The van der Waals surface area contributed by atoms with Crippen LogP contribution in [-0.4, -0.2) is 55.9 Å². The van der Waals surface area contributed by atoms with E-state index in [0.717, 1.165) is 71.7 Å². The van der Waals surface area contributed by atoms with Gasteiger partial charge in [0.2, 0.25) is 0 Å². The predicted molar refractivity (Wildman–Crippen MR) is 213 cm³/mol. The molecule has 4 aromatic carbocycles. The van der Waals surface area contributed by atoms with Gasteiger partial charge in [0.25, 0.3) is 5.91 Å². The molecule has 0 unspecified atom stereocenters. The lowest BCUT2D eigenvalue weighted by Crippen LogP contribution is -2.18. The molecular weight excluding hydrogens is 661 g/mol. The van der Waals surface area contributed by atoms with Crippen LogP contribution in [0.2, 0.25) is 0 Å². The molecule has 0 atom stereocenters. The third-order valence-corrected chi connectivity index (χ3v) is 9.51. The van der Waals surface area contributed by atoms with Crippen molar-refractivity contribution in [3.05, 3.63) is 154 Å². The number of carbonyl (C=O) groups is 2. The number of fused-ring (bicyclic) bond motifs is 8. The van der Waals surface area contributed by atoms with Crippen LogP contribution in [-0.2, 0) is 13.1 Å². The molecule has 4 aromatic heterocycles. The van der Waals surface area contributed by atoms with Crippen LogP contribution in [0.25, 0.3) is 67.7 Å². The van der Waals surface area contributed by atoms with Gasteiger partial charge in [0.15, 0.2) is 0 Å². The number of nitrogens with one attached hydrogen (secondary N) is 3. The van der Waals surface area contributed by atoms with Gasteiger partial charge in [-0.25, -0.2) is 14.8 Å². The van der Waals surface area contributed by atoms with Crippen molar-refractivity contribution >= 4 is 79.5 Å². The Kier molecular flexibility index (Phi) is 8.83. The number of aromatic amines is 2. The van der Waals surface area contributed by atoms with E-state index in [1.165, 1.54) is 0 Å². The lowest BCUT2D eigenvalue weighted by molar-refractivity contribution is 0.0697. The lowest BCUT2D eigenvalue weighted by atomic mass is 10.1. The van der Waals surface area contributed by atoms with Crippen LogP contribution in [0.5, 0.6) is 0 Å². The highest BCUT2D eigenvalue weighted by Gasteiger charge is 2.30. The van der Waals surface area contributed by atoms with Gasteiger partial charge in [-0.2, -0.15) is 0 Å². The number of carbonyl (C=O) groups excluding carboxylic acids is 1. The van der Waals surface area contributed by atoms with Crippen LogP contribution in [0, 0.1) is 0 Å². The third kappa shape index (κ3) is 6.45. The predicted octanol–water partition coefficient (Wildman–Crippen LogP) is 8.78. The van der Waals surface area contributed by atoms with Crippen molar-refractivity contribution in [3.63, 3.8) is 0 Å². The maximum atomic E-state index is 12.4. The largest absolute Gasteiger partial charge is 0.478 e. The van der Waals surface area contributed by atoms with E-state index in [1.54, 1.807) is 11.9 Å². The van der Waals surface area contributed by atoms with Gasteiger partial charge in [-0.05, 0) is 53.2 Å². The Hall–Kier alpha value is -6.84. The first-order valence-electron chi connectivity index (χ1n) is 17.3. The number of rotatable bonds is 7. The van der Waals surface area contributed by atoms with Crippen molar-refractivity contribution < 1.29 is 14.7 Å². The number of carboxylic acids is 1. The van der Waals surface area contributed by atoms with Gasteiger partial charge in [-0.1, -0.05) is 97.1 Å². The Morgan fingerprint density at radius 2 is 1.30 bits per heavy atom. The second-order valence-electron chi connectivity index (χ2n) is 13.1. The summed E-state index contributed by atoms with van der Waals surface area (Å²) >= 11 is 0. The number of hydrogen-bond donors (Lipinski definition) is 4. The molecule has 0 saturated heterocycles. The quantitative estimate of drug-likeness (QED) is 0.132. The van der Waals surface area contributed by atoms with Crippen LogP contribution in [0.15, 0.2) is 109 Å². The third-order valence-electron chi connectivity index (χ3n) is 9.51. The number of benzene rings is 4. The first kappa shape index (κ1) is 33.3. The fourth-order valence-electron chi connectivity index (χ4n) is 6.92. The molecule has 0 spiro atoms. The summed E-state index contributed by atoms with van der Waals surface area (Å²) in [6.07, 6.45) is 12.1. The van der Waals surface area contributed by atoms with Crippen molar-refractivity contribution in [3.8, 4) is 0 Å². The fourth-order valence-corrected chi connectivity index (χ4v) is 6.92. The van der Waals surface area contributed by atoms with E-state index in [9.17, 15) is 14.7 Å². The van der Waals surface area contributed by atoms with Gasteiger partial charge >= 0.3 is 5.97 Å². The van der Waals surface area contributed by atoms with Crippen molar-refractivity contribution in [1.82, 2.24) is 30.2 Å². The average Bonchev–Trinajstić information content (AvgIpc) is 3.84. The Bertz CT molecular complexity index is 2730. The highest BCUT2D eigenvalue weighted by Crippen LogP contribution is 2.34. The summed E-state index contributed by atoms with van der Waals surface area (Å²) in [6.45, 7) is 1.00. The zero-order valence-electron chi connectivity index (χ0n) is 29.2. The molecule has 8 aromatic rings. The summed E-state index contributed by atoms with van der Waals surface area (Å²) in [4.78, 5) is 41.9. The molecule has 9 heteroatoms. The second kappa shape index (κ2) is 14.1. The molecule has 1 amide bonds. The number of hydrogen-bond acceptors (Lipinski definition) is 5. The molecule has 0 fully saturated rings. The number of nitrogens with zero attached hydrogens (tertiary/aromatic N) is 3. The molecule has 0 radical (unpaired) electrons. The zero-order valence-corrected chi connectivity index (χ0v) is 29.2. The minimum atomic E-state index is -0.950.